The van der Waals surface area contributed by atoms with Gasteiger partial charge in [0.2, 0.25) is 0 Å². The van der Waals surface area contributed by atoms with Crippen molar-refractivity contribution >= 4 is 0 Å². The van der Waals surface area contributed by atoms with Crippen LogP contribution in [0.3, 0.4) is 0 Å². The van der Waals surface area contributed by atoms with Crippen LogP contribution in [0, 0.1) is 0 Å². The molecule has 0 bridgehead atoms. The molecule has 2 heterocycles. The lowest BCUT2D eigenvalue weighted by molar-refractivity contribution is 0.748. The van der Waals surface area contributed by atoms with E-state index in [0.717, 1.165) is 11.4 Å². The predicted molar refractivity (Wildman–Crippen MR) is 53.3 cm³/mol. The van der Waals surface area contributed by atoms with Gasteiger partial charge in [0, 0.05) is 32.1 Å². The summed E-state index contributed by atoms with van der Waals surface area (Å²) in [6.45, 7) is 0.376. The molecule has 74 valence electrons. The summed E-state index contributed by atoms with van der Waals surface area (Å²) in [6.07, 6.45) is 3.98. The van der Waals surface area contributed by atoms with Crippen molar-refractivity contribution in [3.63, 3.8) is 0 Å². The van der Waals surface area contributed by atoms with E-state index in [0.29, 0.717) is 12.4 Å². The maximum atomic E-state index is 5.47. The molecule has 2 N–H and O–H groups in total. The second-order valence-corrected chi connectivity index (χ2v) is 3.25. The van der Waals surface area contributed by atoms with Crippen LogP contribution in [0.15, 0.2) is 18.5 Å². The van der Waals surface area contributed by atoms with Crippen molar-refractivity contribution in [2.75, 3.05) is 0 Å². The predicted octanol–water partition coefficient (Wildman–Crippen LogP) is 0.279. The molecular weight excluding hydrogens is 178 g/mol. The summed E-state index contributed by atoms with van der Waals surface area (Å²) in [4.78, 5) is 4.33. The first-order chi connectivity index (χ1) is 6.70. The van der Waals surface area contributed by atoms with Gasteiger partial charge in [-0.05, 0) is 6.07 Å². The highest BCUT2D eigenvalue weighted by molar-refractivity contribution is 5.53. The van der Waals surface area contributed by atoms with Crippen molar-refractivity contribution in [1.29, 1.82) is 0 Å². The summed E-state index contributed by atoms with van der Waals surface area (Å²) < 4.78 is 3.73. The van der Waals surface area contributed by atoms with Crippen LogP contribution in [0.1, 0.15) is 5.82 Å². The molecule has 0 fully saturated rings. The summed E-state index contributed by atoms with van der Waals surface area (Å²) in [7, 11) is 3.85. The molecule has 0 atom stereocenters. The summed E-state index contributed by atoms with van der Waals surface area (Å²) >= 11 is 0. The zero-order valence-electron chi connectivity index (χ0n) is 8.31. The van der Waals surface area contributed by atoms with E-state index in [1.165, 1.54) is 0 Å². The summed E-state index contributed by atoms with van der Waals surface area (Å²) in [5, 5.41) is 4.19. The second-order valence-electron chi connectivity index (χ2n) is 3.25. The van der Waals surface area contributed by atoms with E-state index in [2.05, 4.69) is 10.1 Å². The molecule has 2 aromatic rings. The molecule has 2 aromatic heterocycles. The lowest BCUT2D eigenvalue weighted by Gasteiger charge is -1.94. The van der Waals surface area contributed by atoms with Crippen molar-refractivity contribution < 1.29 is 0 Å². The molecule has 0 aliphatic heterocycles. The van der Waals surface area contributed by atoms with Gasteiger partial charge in [-0.25, -0.2) is 9.67 Å². The lowest BCUT2D eigenvalue weighted by Crippen LogP contribution is -1.99. The van der Waals surface area contributed by atoms with Crippen molar-refractivity contribution in [2.24, 2.45) is 19.8 Å². The zero-order chi connectivity index (χ0) is 10.1. The highest BCUT2D eigenvalue weighted by Crippen LogP contribution is 2.16. The second kappa shape index (κ2) is 3.26. The molecule has 0 radical (unpaired) electrons. The molecule has 0 spiro atoms. The molecule has 0 aliphatic rings. The topological polar surface area (TPSA) is 61.7 Å². The third-order valence-corrected chi connectivity index (χ3v) is 2.08. The SMILES string of the molecule is Cn1ccc(-c2nc(CN)nn2C)c1. The average Bonchev–Trinajstić information content (AvgIpc) is 2.71. The Balaban J connectivity index is 2.45. The molecule has 0 amide bonds. The van der Waals surface area contributed by atoms with Crippen LogP contribution in [0.2, 0.25) is 0 Å². The van der Waals surface area contributed by atoms with Gasteiger partial charge < -0.3 is 10.3 Å². The van der Waals surface area contributed by atoms with Gasteiger partial charge in [0.25, 0.3) is 0 Å². The van der Waals surface area contributed by atoms with Gasteiger partial charge in [0.1, 0.15) is 0 Å². The fraction of sp³-hybridized carbons (Fsp3) is 0.333. The van der Waals surface area contributed by atoms with E-state index >= 15 is 0 Å². The van der Waals surface area contributed by atoms with Gasteiger partial charge in [-0.2, -0.15) is 5.10 Å². The van der Waals surface area contributed by atoms with Crippen molar-refractivity contribution in [1.82, 2.24) is 19.3 Å². The Morgan fingerprint density at radius 2 is 2.21 bits per heavy atom. The summed E-state index contributed by atoms with van der Waals surface area (Å²) in [5.41, 5.74) is 6.53. The van der Waals surface area contributed by atoms with E-state index in [-0.39, 0.29) is 0 Å². The molecule has 0 aliphatic carbocycles. The molecule has 14 heavy (non-hydrogen) atoms. The number of hydrogen-bond donors (Lipinski definition) is 1. The molecule has 0 aromatic carbocycles. The van der Waals surface area contributed by atoms with Gasteiger partial charge in [0.05, 0.1) is 6.54 Å². The molecule has 2 rings (SSSR count). The van der Waals surface area contributed by atoms with Crippen LogP contribution in [0.25, 0.3) is 11.4 Å². The van der Waals surface area contributed by atoms with Crippen molar-refractivity contribution in [3.8, 4) is 11.4 Å². The number of aryl methyl sites for hydroxylation is 2. The van der Waals surface area contributed by atoms with Crippen LogP contribution in [-0.2, 0) is 20.6 Å². The highest BCUT2D eigenvalue weighted by Gasteiger charge is 2.08. The minimum absolute atomic E-state index is 0.376. The fourth-order valence-electron chi connectivity index (χ4n) is 1.41. The minimum atomic E-state index is 0.376. The van der Waals surface area contributed by atoms with Crippen LogP contribution in [0.4, 0.5) is 0 Å². The normalized spacial score (nSPS) is 10.8. The lowest BCUT2D eigenvalue weighted by atomic mass is 10.3. The van der Waals surface area contributed by atoms with Crippen LogP contribution < -0.4 is 5.73 Å². The number of nitrogens with zero attached hydrogens (tertiary/aromatic N) is 4. The maximum absolute atomic E-state index is 5.47. The highest BCUT2D eigenvalue weighted by atomic mass is 15.3. The Kier molecular flexibility index (Phi) is 2.09. The molecular formula is C9H13N5. The third-order valence-electron chi connectivity index (χ3n) is 2.08. The van der Waals surface area contributed by atoms with Gasteiger partial charge in [0.15, 0.2) is 11.6 Å². The minimum Gasteiger partial charge on any atom is -0.357 e. The maximum Gasteiger partial charge on any atom is 0.164 e. The standard InChI is InChI=1S/C9H13N5/c1-13-4-3-7(6-13)9-11-8(5-10)12-14(9)2/h3-4,6H,5,10H2,1-2H3. The Morgan fingerprint density at radius 3 is 2.71 bits per heavy atom. The van der Waals surface area contributed by atoms with Gasteiger partial charge in [-0.3, -0.25) is 0 Å². The smallest absolute Gasteiger partial charge is 0.164 e. The largest absolute Gasteiger partial charge is 0.357 e. The van der Waals surface area contributed by atoms with Crippen LogP contribution in [0.5, 0.6) is 0 Å². The van der Waals surface area contributed by atoms with Gasteiger partial charge in [-0.15, -0.1) is 0 Å². The third kappa shape index (κ3) is 1.42. The summed E-state index contributed by atoms with van der Waals surface area (Å²) in [5.74, 6) is 1.53. The van der Waals surface area contributed by atoms with Gasteiger partial charge in [-0.1, -0.05) is 0 Å². The van der Waals surface area contributed by atoms with Crippen LogP contribution >= 0.6 is 0 Å². The van der Waals surface area contributed by atoms with Crippen LogP contribution in [-0.4, -0.2) is 19.3 Å². The average molecular weight is 191 g/mol. The van der Waals surface area contributed by atoms with E-state index in [1.54, 1.807) is 4.68 Å². The molecule has 0 unspecified atom stereocenters. The Labute approximate surface area is 82.2 Å². The molecule has 0 saturated carbocycles. The first-order valence-electron chi connectivity index (χ1n) is 4.43. The first kappa shape index (κ1) is 8.96. The zero-order valence-corrected chi connectivity index (χ0v) is 8.31. The van der Waals surface area contributed by atoms with Gasteiger partial charge >= 0.3 is 0 Å². The number of nitrogens with two attached hydrogens (primary N) is 1. The van der Waals surface area contributed by atoms with Crippen molar-refractivity contribution in [3.05, 3.63) is 24.3 Å². The molecule has 5 nitrogen and oxygen atoms in total. The van der Waals surface area contributed by atoms with E-state index < -0.39 is 0 Å². The Morgan fingerprint density at radius 1 is 1.43 bits per heavy atom. The van der Waals surface area contributed by atoms with E-state index in [9.17, 15) is 0 Å². The Hall–Kier alpha value is -1.62. The number of rotatable bonds is 2. The monoisotopic (exact) mass is 191 g/mol. The number of hydrogen-bond acceptors (Lipinski definition) is 3. The molecule has 0 saturated heterocycles. The summed E-state index contributed by atoms with van der Waals surface area (Å²) in [6, 6.07) is 2.00. The Bertz CT molecular complexity index is 440. The quantitative estimate of drug-likeness (QED) is 0.741. The molecule has 5 heteroatoms. The first-order valence-corrected chi connectivity index (χ1v) is 4.43. The van der Waals surface area contributed by atoms with E-state index in [1.807, 2.05) is 37.1 Å². The van der Waals surface area contributed by atoms with E-state index in [4.69, 9.17) is 5.73 Å². The van der Waals surface area contributed by atoms with Crippen molar-refractivity contribution in [2.45, 2.75) is 6.54 Å². The number of aromatic nitrogens is 4. The fourth-order valence-corrected chi connectivity index (χ4v) is 1.41.